The van der Waals surface area contributed by atoms with E-state index in [2.05, 4.69) is 9.97 Å². The summed E-state index contributed by atoms with van der Waals surface area (Å²) in [7, 11) is 0. The highest BCUT2D eigenvalue weighted by Crippen LogP contribution is 2.26. The van der Waals surface area contributed by atoms with Gasteiger partial charge in [-0.1, -0.05) is 0 Å². The van der Waals surface area contributed by atoms with Crippen LogP contribution < -0.4 is 4.74 Å². The van der Waals surface area contributed by atoms with E-state index in [9.17, 15) is 0 Å². The summed E-state index contributed by atoms with van der Waals surface area (Å²) in [5.74, 6) is 1.08. The van der Waals surface area contributed by atoms with E-state index < -0.39 is 0 Å². The Morgan fingerprint density at radius 1 is 1.24 bits per heavy atom. The first-order chi connectivity index (χ1) is 8.19. The van der Waals surface area contributed by atoms with Crippen LogP contribution in [0.3, 0.4) is 0 Å². The molecule has 4 nitrogen and oxygen atoms in total. The molecule has 0 atom stereocenters. The number of aromatic nitrogens is 2. The first-order valence-corrected chi connectivity index (χ1v) is 6.26. The van der Waals surface area contributed by atoms with E-state index in [4.69, 9.17) is 9.84 Å². The van der Waals surface area contributed by atoms with E-state index in [0.29, 0.717) is 18.4 Å². The topological polar surface area (TPSA) is 55.2 Å². The summed E-state index contributed by atoms with van der Waals surface area (Å²) in [6, 6.07) is 0. The molecule has 1 aliphatic carbocycles. The van der Waals surface area contributed by atoms with Gasteiger partial charge in [0, 0.05) is 6.61 Å². The maximum atomic E-state index is 9.07. The third-order valence-electron chi connectivity index (χ3n) is 3.51. The molecule has 1 aliphatic rings. The van der Waals surface area contributed by atoms with Crippen molar-refractivity contribution < 1.29 is 9.84 Å². The monoisotopic (exact) mass is 236 g/mol. The molecule has 1 fully saturated rings. The van der Waals surface area contributed by atoms with E-state index in [0.717, 1.165) is 37.1 Å². The number of hydrogen-bond donors (Lipinski definition) is 1. The van der Waals surface area contributed by atoms with Gasteiger partial charge in [0.05, 0.1) is 17.6 Å². The number of aliphatic hydroxyl groups excluding tert-OH is 1. The Morgan fingerprint density at radius 3 is 2.53 bits per heavy atom. The van der Waals surface area contributed by atoms with Crippen LogP contribution in [0.25, 0.3) is 0 Å². The largest absolute Gasteiger partial charge is 0.473 e. The number of aryl methyl sites for hydroxylation is 2. The molecule has 1 N–H and O–H groups in total. The molecule has 0 spiro atoms. The van der Waals surface area contributed by atoms with Crippen LogP contribution in [0.4, 0.5) is 0 Å². The standard InChI is InChI=1S/C13H20N2O2/c1-9-10(2)15-13(7-14-9)17-12-5-3-11(8-16)4-6-12/h7,11-12,16H,3-6,8H2,1-2H3. The smallest absolute Gasteiger partial charge is 0.232 e. The van der Waals surface area contributed by atoms with Crippen LogP contribution in [-0.2, 0) is 0 Å². The van der Waals surface area contributed by atoms with Gasteiger partial charge in [-0.25, -0.2) is 4.98 Å². The zero-order chi connectivity index (χ0) is 12.3. The maximum Gasteiger partial charge on any atom is 0.232 e. The molecule has 0 unspecified atom stereocenters. The molecule has 4 heteroatoms. The molecule has 1 aromatic heterocycles. The Hall–Kier alpha value is -1.16. The van der Waals surface area contributed by atoms with Crippen molar-refractivity contribution >= 4 is 0 Å². The Balaban J connectivity index is 1.91. The van der Waals surface area contributed by atoms with Crippen molar-refractivity contribution in [2.75, 3.05) is 6.61 Å². The summed E-state index contributed by atoms with van der Waals surface area (Å²) in [5.41, 5.74) is 1.87. The lowest BCUT2D eigenvalue weighted by Gasteiger charge is -2.27. The second kappa shape index (κ2) is 5.45. The highest BCUT2D eigenvalue weighted by Gasteiger charge is 2.22. The number of aliphatic hydroxyl groups is 1. The van der Waals surface area contributed by atoms with Crippen molar-refractivity contribution in [3.8, 4) is 5.88 Å². The molecule has 0 aromatic carbocycles. The lowest BCUT2D eigenvalue weighted by Crippen LogP contribution is -2.26. The fraction of sp³-hybridized carbons (Fsp3) is 0.692. The third-order valence-corrected chi connectivity index (χ3v) is 3.51. The summed E-state index contributed by atoms with van der Waals surface area (Å²) in [4.78, 5) is 8.62. The minimum absolute atomic E-state index is 0.231. The molecular formula is C13H20N2O2. The number of hydrogen-bond acceptors (Lipinski definition) is 4. The molecule has 2 rings (SSSR count). The predicted octanol–water partition coefficient (Wildman–Crippen LogP) is 2.02. The number of nitrogens with zero attached hydrogens (tertiary/aromatic N) is 2. The normalized spacial score (nSPS) is 24.6. The minimum Gasteiger partial charge on any atom is -0.473 e. The van der Waals surface area contributed by atoms with Gasteiger partial charge in [0.25, 0.3) is 0 Å². The summed E-state index contributed by atoms with van der Waals surface area (Å²) >= 11 is 0. The second-order valence-corrected chi connectivity index (χ2v) is 4.82. The van der Waals surface area contributed by atoms with Crippen LogP contribution in [-0.4, -0.2) is 27.8 Å². The van der Waals surface area contributed by atoms with Crippen molar-refractivity contribution in [3.63, 3.8) is 0 Å². The van der Waals surface area contributed by atoms with Crippen LogP contribution in [0.2, 0.25) is 0 Å². The zero-order valence-electron chi connectivity index (χ0n) is 10.5. The highest BCUT2D eigenvalue weighted by atomic mass is 16.5. The zero-order valence-corrected chi connectivity index (χ0v) is 10.5. The van der Waals surface area contributed by atoms with Gasteiger partial charge < -0.3 is 9.84 Å². The Labute approximate surface area is 102 Å². The lowest BCUT2D eigenvalue weighted by atomic mass is 9.88. The van der Waals surface area contributed by atoms with Crippen molar-refractivity contribution in [2.24, 2.45) is 5.92 Å². The van der Waals surface area contributed by atoms with Crippen LogP contribution in [0.1, 0.15) is 37.1 Å². The van der Waals surface area contributed by atoms with Crippen molar-refractivity contribution in [3.05, 3.63) is 17.6 Å². The minimum atomic E-state index is 0.231. The first kappa shape index (κ1) is 12.3. The third kappa shape index (κ3) is 3.16. The van der Waals surface area contributed by atoms with E-state index in [1.54, 1.807) is 6.20 Å². The van der Waals surface area contributed by atoms with E-state index in [-0.39, 0.29) is 6.10 Å². The molecule has 94 valence electrons. The van der Waals surface area contributed by atoms with E-state index in [1.807, 2.05) is 13.8 Å². The second-order valence-electron chi connectivity index (χ2n) is 4.82. The van der Waals surface area contributed by atoms with Gasteiger partial charge in [-0.3, -0.25) is 4.98 Å². The van der Waals surface area contributed by atoms with Crippen LogP contribution >= 0.6 is 0 Å². The van der Waals surface area contributed by atoms with Crippen LogP contribution in [0, 0.1) is 19.8 Å². The van der Waals surface area contributed by atoms with Crippen molar-refractivity contribution in [1.82, 2.24) is 9.97 Å². The molecule has 1 saturated carbocycles. The molecule has 1 heterocycles. The van der Waals surface area contributed by atoms with Gasteiger partial charge in [0.2, 0.25) is 5.88 Å². The fourth-order valence-electron chi connectivity index (χ4n) is 2.18. The lowest BCUT2D eigenvalue weighted by molar-refractivity contribution is 0.1000. The molecule has 0 amide bonds. The molecular weight excluding hydrogens is 216 g/mol. The first-order valence-electron chi connectivity index (χ1n) is 6.26. The van der Waals surface area contributed by atoms with Crippen LogP contribution in [0.5, 0.6) is 5.88 Å². The number of rotatable bonds is 3. The van der Waals surface area contributed by atoms with E-state index in [1.165, 1.54) is 0 Å². The average Bonchev–Trinajstić information content (AvgIpc) is 2.35. The molecule has 17 heavy (non-hydrogen) atoms. The quantitative estimate of drug-likeness (QED) is 0.872. The predicted molar refractivity (Wildman–Crippen MR) is 65.0 cm³/mol. The Bertz CT molecular complexity index is 374. The van der Waals surface area contributed by atoms with Crippen molar-refractivity contribution in [1.29, 1.82) is 0 Å². The van der Waals surface area contributed by atoms with Gasteiger partial charge in [-0.15, -0.1) is 0 Å². The van der Waals surface area contributed by atoms with Gasteiger partial charge in [-0.2, -0.15) is 0 Å². The maximum absolute atomic E-state index is 9.07. The van der Waals surface area contributed by atoms with Gasteiger partial charge in [-0.05, 0) is 45.4 Å². The number of ether oxygens (including phenoxy) is 1. The van der Waals surface area contributed by atoms with E-state index >= 15 is 0 Å². The molecule has 0 aliphatic heterocycles. The SMILES string of the molecule is Cc1ncc(OC2CCC(CO)CC2)nc1C. The van der Waals surface area contributed by atoms with Gasteiger partial charge in [0.1, 0.15) is 6.10 Å². The fourth-order valence-corrected chi connectivity index (χ4v) is 2.18. The molecule has 1 aromatic rings. The summed E-state index contributed by atoms with van der Waals surface area (Å²) < 4.78 is 5.83. The Kier molecular flexibility index (Phi) is 3.94. The summed E-state index contributed by atoms with van der Waals surface area (Å²) in [5, 5.41) is 9.07. The Morgan fingerprint density at radius 2 is 1.94 bits per heavy atom. The van der Waals surface area contributed by atoms with Gasteiger partial charge in [0.15, 0.2) is 0 Å². The van der Waals surface area contributed by atoms with Crippen molar-refractivity contribution in [2.45, 2.75) is 45.6 Å². The van der Waals surface area contributed by atoms with Crippen LogP contribution in [0.15, 0.2) is 6.20 Å². The molecule has 0 bridgehead atoms. The average molecular weight is 236 g/mol. The summed E-state index contributed by atoms with van der Waals surface area (Å²) in [6.45, 7) is 4.19. The molecule has 0 saturated heterocycles. The highest BCUT2D eigenvalue weighted by molar-refractivity contribution is 5.14. The summed E-state index contributed by atoms with van der Waals surface area (Å²) in [6.07, 6.45) is 6.01. The molecule has 0 radical (unpaired) electrons. The van der Waals surface area contributed by atoms with Gasteiger partial charge >= 0.3 is 0 Å².